The SMILES string of the molecule is c1ccc(-c2ccc3c(c2)c2cc4ccccc4cc2n3-c2nc3ccccc3nc2-c2ccc3ccc4ccccc4c3c2)cc1. The second-order valence-electron chi connectivity index (χ2n) is 12.3. The Morgan fingerprint density at radius 1 is 0.340 bits per heavy atom. The fourth-order valence-electron chi connectivity index (χ4n) is 7.23. The average Bonchev–Trinajstić information content (AvgIpc) is 3.45. The van der Waals surface area contributed by atoms with E-state index in [1.54, 1.807) is 0 Å². The normalized spacial score (nSPS) is 11.8. The number of nitrogens with zero attached hydrogens (tertiary/aromatic N) is 3. The maximum atomic E-state index is 5.40. The van der Waals surface area contributed by atoms with Crippen molar-refractivity contribution in [2.24, 2.45) is 0 Å². The molecule has 3 heteroatoms. The van der Waals surface area contributed by atoms with Crippen molar-refractivity contribution < 1.29 is 0 Å². The van der Waals surface area contributed by atoms with E-state index in [1.165, 1.54) is 54.2 Å². The van der Waals surface area contributed by atoms with Crippen molar-refractivity contribution in [1.29, 1.82) is 0 Å². The maximum absolute atomic E-state index is 5.40. The van der Waals surface area contributed by atoms with Gasteiger partial charge < -0.3 is 0 Å². The van der Waals surface area contributed by atoms with Crippen LogP contribution in [0.15, 0.2) is 164 Å². The van der Waals surface area contributed by atoms with Crippen LogP contribution in [0.3, 0.4) is 0 Å². The van der Waals surface area contributed by atoms with E-state index in [9.17, 15) is 0 Å². The first-order chi connectivity index (χ1) is 23.3. The van der Waals surface area contributed by atoms with Crippen LogP contribution in [0.4, 0.5) is 0 Å². The standard InChI is InChI=1S/C44H27N3/c1-2-10-28(11-3-1)33-22-23-41-37(25-33)38-24-31-13-4-5-14-32(31)27-42(38)47(41)44-43(45-39-16-8-9-17-40(39)46-44)34-21-20-30-19-18-29-12-6-7-15-35(29)36(30)26-34/h1-27H. The van der Waals surface area contributed by atoms with Gasteiger partial charge in [-0.25, -0.2) is 9.97 Å². The van der Waals surface area contributed by atoms with Crippen LogP contribution in [-0.4, -0.2) is 14.5 Å². The molecule has 8 aromatic carbocycles. The van der Waals surface area contributed by atoms with Gasteiger partial charge in [0.15, 0.2) is 5.82 Å². The minimum atomic E-state index is 0.825. The van der Waals surface area contributed by atoms with E-state index in [2.05, 4.69) is 156 Å². The first-order valence-electron chi connectivity index (χ1n) is 16.0. The molecule has 3 nitrogen and oxygen atoms in total. The number of hydrogen-bond donors (Lipinski definition) is 0. The minimum Gasteiger partial charge on any atom is -0.292 e. The van der Waals surface area contributed by atoms with Crippen molar-refractivity contribution >= 4 is 65.2 Å². The first kappa shape index (κ1) is 26.0. The third kappa shape index (κ3) is 4.07. The average molecular weight is 598 g/mol. The van der Waals surface area contributed by atoms with E-state index >= 15 is 0 Å². The molecule has 2 heterocycles. The zero-order valence-corrected chi connectivity index (χ0v) is 25.4. The van der Waals surface area contributed by atoms with Crippen molar-refractivity contribution in [3.8, 4) is 28.2 Å². The molecule has 218 valence electrons. The Morgan fingerprint density at radius 3 is 1.77 bits per heavy atom. The molecule has 0 spiro atoms. The lowest BCUT2D eigenvalue weighted by atomic mass is 9.99. The monoisotopic (exact) mass is 597 g/mol. The molecule has 0 unspecified atom stereocenters. The van der Waals surface area contributed by atoms with Crippen LogP contribution in [0, 0.1) is 0 Å². The highest BCUT2D eigenvalue weighted by atomic mass is 15.1. The Bertz CT molecular complexity index is 2850. The molecule has 0 saturated carbocycles. The summed E-state index contributed by atoms with van der Waals surface area (Å²) >= 11 is 0. The highest BCUT2D eigenvalue weighted by Crippen LogP contribution is 2.40. The predicted octanol–water partition coefficient (Wildman–Crippen LogP) is 11.5. The predicted molar refractivity (Wildman–Crippen MR) is 197 cm³/mol. The lowest BCUT2D eigenvalue weighted by molar-refractivity contribution is 1.08. The van der Waals surface area contributed by atoms with Crippen molar-refractivity contribution in [1.82, 2.24) is 14.5 Å². The molecule has 0 aliphatic carbocycles. The fraction of sp³-hybridized carbons (Fsp3) is 0. The summed E-state index contributed by atoms with van der Waals surface area (Å²) in [5.74, 6) is 0.825. The Hall–Kier alpha value is -6.32. The number of rotatable bonds is 3. The second-order valence-corrected chi connectivity index (χ2v) is 12.3. The van der Waals surface area contributed by atoms with Crippen LogP contribution in [0.5, 0.6) is 0 Å². The van der Waals surface area contributed by atoms with E-state index < -0.39 is 0 Å². The number of hydrogen-bond acceptors (Lipinski definition) is 2. The fourth-order valence-corrected chi connectivity index (χ4v) is 7.23. The van der Waals surface area contributed by atoms with Gasteiger partial charge in [0.2, 0.25) is 0 Å². The van der Waals surface area contributed by atoms with Crippen LogP contribution in [0.1, 0.15) is 0 Å². The quantitative estimate of drug-likeness (QED) is 0.190. The Kier molecular flexibility index (Phi) is 5.57. The van der Waals surface area contributed by atoms with Crippen LogP contribution in [-0.2, 0) is 0 Å². The van der Waals surface area contributed by atoms with Crippen LogP contribution in [0.2, 0.25) is 0 Å². The molecule has 0 aliphatic rings. The topological polar surface area (TPSA) is 30.7 Å². The Morgan fingerprint density at radius 2 is 0.936 bits per heavy atom. The summed E-state index contributed by atoms with van der Waals surface area (Å²) in [5.41, 5.74) is 8.25. The molecule has 10 rings (SSSR count). The van der Waals surface area contributed by atoms with Gasteiger partial charge >= 0.3 is 0 Å². The van der Waals surface area contributed by atoms with Gasteiger partial charge in [-0.1, -0.05) is 121 Å². The van der Waals surface area contributed by atoms with Gasteiger partial charge in [-0.05, 0) is 85.9 Å². The largest absolute Gasteiger partial charge is 0.292 e. The summed E-state index contributed by atoms with van der Waals surface area (Å²) in [6.07, 6.45) is 0. The molecule has 10 aromatic rings. The molecular formula is C44H27N3. The molecule has 0 fully saturated rings. The van der Waals surface area contributed by atoms with Crippen LogP contribution >= 0.6 is 0 Å². The van der Waals surface area contributed by atoms with Crippen molar-refractivity contribution in [2.75, 3.05) is 0 Å². The number of benzene rings is 8. The summed E-state index contributed by atoms with van der Waals surface area (Å²) in [6, 6.07) is 58.5. The van der Waals surface area contributed by atoms with Gasteiger partial charge in [-0.3, -0.25) is 4.57 Å². The number of fused-ring (bicyclic) bond motifs is 8. The van der Waals surface area contributed by atoms with Crippen LogP contribution in [0.25, 0.3) is 93.4 Å². The zero-order chi connectivity index (χ0) is 30.9. The van der Waals surface area contributed by atoms with Gasteiger partial charge in [0.05, 0.1) is 22.1 Å². The Labute approximate surface area is 271 Å². The van der Waals surface area contributed by atoms with E-state index in [4.69, 9.17) is 9.97 Å². The molecule has 0 N–H and O–H groups in total. The number of para-hydroxylation sites is 2. The lowest BCUT2D eigenvalue weighted by Crippen LogP contribution is -2.03. The van der Waals surface area contributed by atoms with Crippen molar-refractivity contribution in [3.63, 3.8) is 0 Å². The summed E-state index contributed by atoms with van der Waals surface area (Å²) in [5, 5.41) is 9.68. The third-order valence-corrected chi connectivity index (χ3v) is 9.52. The van der Waals surface area contributed by atoms with Gasteiger partial charge in [0, 0.05) is 16.3 Å². The van der Waals surface area contributed by atoms with Crippen molar-refractivity contribution in [3.05, 3.63) is 164 Å². The highest BCUT2D eigenvalue weighted by Gasteiger charge is 2.21. The smallest absolute Gasteiger partial charge is 0.165 e. The summed E-state index contributed by atoms with van der Waals surface area (Å²) in [7, 11) is 0. The first-order valence-corrected chi connectivity index (χ1v) is 16.0. The lowest BCUT2D eigenvalue weighted by Gasteiger charge is -2.15. The molecule has 0 bridgehead atoms. The summed E-state index contributed by atoms with van der Waals surface area (Å²) in [4.78, 5) is 10.7. The molecule has 0 atom stereocenters. The second kappa shape index (κ2) is 10.1. The molecule has 0 radical (unpaired) electrons. The summed E-state index contributed by atoms with van der Waals surface area (Å²) < 4.78 is 2.33. The molecule has 0 aliphatic heterocycles. The number of aromatic nitrogens is 3. The van der Waals surface area contributed by atoms with E-state index in [1.807, 2.05) is 12.1 Å². The molecule has 0 amide bonds. The molecule has 47 heavy (non-hydrogen) atoms. The van der Waals surface area contributed by atoms with Gasteiger partial charge in [-0.2, -0.15) is 0 Å². The third-order valence-electron chi connectivity index (χ3n) is 9.52. The van der Waals surface area contributed by atoms with E-state index in [0.717, 1.165) is 39.1 Å². The maximum Gasteiger partial charge on any atom is 0.165 e. The minimum absolute atomic E-state index is 0.825. The van der Waals surface area contributed by atoms with Gasteiger partial charge in [0.25, 0.3) is 0 Å². The highest BCUT2D eigenvalue weighted by molar-refractivity contribution is 6.15. The molecule has 0 saturated heterocycles. The van der Waals surface area contributed by atoms with Gasteiger partial charge in [0.1, 0.15) is 5.69 Å². The zero-order valence-electron chi connectivity index (χ0n) is 25.4. The molecular weight excluding hydrogens is 571 g/mol. The van der Waals surface area contributed by atoms with E-state index in [-0.39, 0.29) is 0 Å². The Balaban J connectivity index is 1.33. The van der Waals surface area contributed by atoms with Gasteiger partial charge in [-0.15, -0.1) is 0 Å². The van der Waals surface area contributed by atoms with E-state index in [0.29, 0.717) is 0 Å². The van der Waals surface area contributed by atoms with Crippen molar-refractivity contribution in [2.45, 2.75) is 0 Å². The summed E-state index contributed by atoms with van der Waals surface area (Å²) in [6.45, 7) is 0. The van der Waals surface area contributed by atoms with Crippen LogP contribution < -0.4 is 0 Å². The molecule has 2 aromatic heterocycles.